The van der Waals surface area contributed by atoms with Crippen LogP contribution in [0.5, 0.6) is 5.75 Å². The highest BCUT2D eigenvalue weighted by Crippen LogP contribution is 2.12. The summed E-state index contributed by atoms with van der Waals surface area (Å²) < 4.78 is 5.58. The lowest BCUT2D eigenvalue weighted by Crippen LogP contribution is -2.40. The van der Waals surface area contributed by atoms with Gasteiger partial charge in [-0.05, 0) is 44.9 Å². The Labute approximate surface area is 109 Å². The predicted octanol–water partition coefficient (Wildman–Crippen LogP) is 2.47. The first kappa shape index (κ1) is 14.4. The summed E-state index contributed by atoms with van der Waals surface area (Å²) in [6.45, 7) is 7.11. The molecule has 0 unspecified atom stereocenters. The van der Waals surface area contributed by atoms with Crippen LogP contribution in [0, 0.1) is 6.92 Å². The Balaban J connectivity index is 2.10. The molecule has 0 aliphatic rings. The Morgan fingerprint density at radius 2 is 2.17 bits per heavy atom. The number of rotatable bonds is 6. The molecule has 18 heavy (non-hydrogen) atoms. The topological polar surface area (TPSA) is 50.4 Å². The lowest BCUT2D eigenvalue weighted by atomic mass is 10.2. The van der Waals surface area contributed by atoms with Crippen LogP contribution in [0.25, 0.3) is 0 Å². The number of nitrogens with one attached hydrogen (secondary N) is 2. The van der Waals surface area contributed by atoms with Crippen molar-refractivity contribution in [2.24, 2.45) is 0 Å². The zero-order valence-corrected chi connectivity index (χ0v) is 11.3. The summed E-state index contributed by atoms with van der Waals surface area (Å²) in [7, 11) is 0. The third-order valence-corrected chi connectivity index (χ3v) is 2.28. The lowest BCUT2D eigenvalue weighted by Gasteiger charge is -2.10. The highest BCUT2D eigenvalue weighted by molar-refractivity contribution is 5.73. The molecular weight excluding hydrogens is 228 g/mol. The van der Waals surface area contributed by atoms with E-state index in [4.69, 9.17) is 4.74 Å². The molecule has 2 N–H and O–H groups in total. The van der Waals surface area contributed by atoms with Crippen molar-refractivity contribution in [1.82, 2.24) is 10.6 Å². The average molecular weight is 250 g/mol. The van der Waals surface area contributed by atoms with Crippen molar-refractivity contribution in [3.63, 3.8) is 0 Å². The fourth-order valence-electron chi connectivity index (χ4n) is 1.48. The quantitative estimate of drug-likeness (QED) is 0.762. The van der Waals surface area contributed by atoms with Crippen molar-refractivity contribution in [3.05, 3.63) is 29.8 Å². The Bertz CT molecular complexity index is 378. The first-order chi connectivity index (χ1) is 8.58. The van der Waals surface area contributed by atoms with Gasteiger partial charge in [-0.25, -0.2) is 4.79 Å². The van der Waals surface area contributed by atoms with Crippen molar-refractivity contribution in [3.8, 4) is 5.75 Å². The number of carbonyl (C=O) groups is 1. The smallest absolute Gasteiger partial charge is 0.314 e. The molecule has 0 heterocycles. The highest BCUT2D eigenvalue weighted by atomic mass is 16.5. The molecule has 4 nitrogen and oxygen atoms in total. The Morgan fingerprint density at radius 3 is 2.83 bits per heavy atom. The maximum atomic E-state index is 11.3. The molecule has 0 aromatic heterocycles. The van der Waals surface area contributed by atoms with Gasteiger partial charge in [-0.2, -0.15) is 0 Å². The van der Waals surface area contributed by atoms with Crippen LogP contribution < -0.4 is 15.4 Å². The van der Waals surface area contributed by atoms with Gasteiger partial charge in [0.15, 0.2) is 0 Å². The van der Waals surface area contributed by atoms with Gasteiger partial charge in [0.2, 0.25) is 0 Å². The minimum atomic E-state index is -0.124. The zero-order valence-electron chi connectivity index (χ0n) is 11.3. The summed E-state index contributed by atoms with van der Waals surface area (Å²) in [4.78, 5) is 11.3. The lowest BCUT2D eigenvalue weighted by molar-refractivity contribution is 0.237. The van der Waals surface area contributed by atoms with E-state index in [9.17, 15) is 4.79 Å². The molecule has 0 atom stereocenters. The number of urea groups is 1. The Kier molecular flexibility index (Phi) is 6.05. The number of amides is 2. The van der Waals surface area contributed by atoms with Crippen LogP contribution in [-0.2, 0) is 0 Å². The van der Waals surface area contributed by atoms with E-state index in [-0.39, 0.29) is 12.1 Å². The third-order valence-electron chi connectivity index (χ3n) is 2.28. The standard InChI is InChI=1S/C14H22N2O2/c1-11(2)16-14(17)15-8-5-9-18-13-7-4-6-12(3)10-13/h4,6-7,10-11H,5,8-9H2,1-3H3,(H2,15,16,17). The molecule has 0 saturated carbocycles. The maximum Gasteiger partial charge on any atom is 0.314 e. The van der Waals surface area contributed by atoms with Crippen LogP contribution in [-0.4, -0.2) is 25.2 Å². The molecule has 0 spiro atoms. The SMILES string of the molecule is Cc1cccc(OCCCNC(=O)NC(C)C)c1. The fraction of sp³-hybridized carbons (Fsp3) is 0.500. The molecule has 0 aliphatic carbocycles. The first-order valence-corrected chi connectivity index (χ1v) is 6.32. The maximum absolute atomic E-state index is 11.3. The van der Waals surface area contributed by atoms with Gasteiger partial charge in [-0.3, -0.25) is 0 Å². The largest absolute Gasteiger partial charge is 0.494 e. The van der Waals surface area contributed by atoms with Crippen LogP contribution in [0.2, 0.25) is 0 Å². The first-order valence-electron chi connectivity index (χ1n) is 6.32. The van der Waals surface area contributed by atoms with E-state index in [0.717, 1.165) is 12.2 Å². The fourth-order valence-corrected chi connectivity index (χ4v) is 1.48. The summed E-state index contributed by atoms with van der Waals surface area (Å²) in [6, 6.07) is 7.98. The van der Waals surface area contributed by atoms with Crippen molar-refractivity contribution in [2.75, 3.05) is 13.2 Å². The van der Waals surface area contributed by atoms with Gasteiger partial charge >= 0.3 is 6.03 Å². The Morgan fingerprint density at radius 1 is 1.39 bits per heavy atom. The number of carbonyl (C=O) groups excluding carboxylic acids is 1. The molecule has 0 radical (unpaired) electrons. The van der Waals surface area contributed by atoms with E-state index in [1.54, 1.807) is 0 Å². The van der Waals surface area contributed by atoms with Crippen molar-refractivity contribution in [1.29, 1.82) is 0 Å². The van der Waals surface area contributed by atoms with Crippen LogP contribution in [0.1, 0.15) is 25.8 Å². The van der Waals surface area contributed by atoms with Gasteiger partial charge in [0.25, 0.3) is 0 Å². The van der Waals surface area contributed by atoms with E-state index in [0.29, 0.717) is 13.2 Å². The van der Waals surface area contributed by atoms with Crippen LogP contribution in [0.15, 0.2) is 24.3 Å². The van der Waals surface area contributed by atoms with Gasteiger partial charge in [-0.15, -0.1) is 0 Å². The monoisotopic (exact) mass is 250 g/mol. The predicted molar refractivity (Wildman–Crippen MR) is 73.0 cm³/mol. The second-order valence-corrected chi connectivity index (χ2v) is 4.57. The second-order valence-electron chi connectivity index (χ2n) is 4.57. The highest BCUT2D eigenvalue weighted by Gasteiger charge is 2.00. The number of ether oxygens (including phenoxy) is 1. The molecule has 1 aromatic carbocycles. The summed E-state index contributed by atoms with van der Waals surface area (Å²) >= 11 is 0. The van der Waals surface area contributed by atoms with Crippen LogP contribution in [0.4, 0.5) is 4.79 Å². The normalized spacial score (nSPS) is 10.2. The van der Waals surface area contributed by atoms with Gasteiger partial charge in [0.1, 0.15) is 5.75 Å². The molecule has 1 rings (SSSR count). The molecule has 0 bridgehead atoms. The van der Waals surface area contributed by atoms with E-state index in [2.05, 4.69) is 10.6 Å². The van der Waals surface area contributed by atoms with E-state index in [1.165, 1.54) is 5.56 Å². The summed E-state index contributed by atoms with van der Waals surface area (Å²) in [5.74, 6) is 0.877. The summed E-state index contributed by atoms with van der Waals surface area (Å²) in [5, 5.41) is 5.55. The number of hydrogen-bond acceptors (Lipinski definition) is 2. The van der Waals surface area contributed by atoms with Crippen molar-refractivity contribution < 1.29 is 9.53 Å². The minimum Gasteiger partial charge on any atom is -0.494 e. The van der Waals surface area contributed by atoms with Crippen LogP contribution >= 0.6 is 0 Å². The molecule has 0 aliphatic heterocycles. The summed E-state index contributed by atoms with van der Waals surface area (Å²) in [5.41, 5.74) is 1.18. The Hall–Kier alpha value is -1.71. The summed E-state index contributed by atoms with van der Waals surface area (Å²) in [6.07, 6.45) is 0.791. The van der Waals surface area contributed by atoms with Gasteiger partial charge in [-0.1, -0.05) is 12.1 Å². The molecule has 1 aromatic rings. The molecule has 0 fully saturated rings. The second kappa shape index (κ2) is 7.58. The van der Waals surface area contributed by atoms with Gasteiger partial charge in [0, 0.05) is 12.6 Å². The minimum absolute atomic E-state index is 0.124. The number of hydrogen-bond donors (Lipinski definition) is 2. The average Bonchev–Trinajstić information content (AvgIpc) is 2.27. The number of benzene rings is 1. The zero-order chi connectivity index (χ0) is 13.4. The van der Waals surface area contributed by atoms with Crippen molar-refractivity contribution >= 4 is 6.03 Å². The van der Waals surface area contributed by atoms with E-state index < -0.39 is 0 Å². The van der Waals surface area contributed by atoms with Crippen molar-refractivity contribution in [2.45, 2.75) is 33.2 Å². The molecule has 4 heteroatoms. The van der Waals surface area contributed by atoms with E-state index >= 15 is 0 Å². The van der Waals surface area contributed by atoms with Crippen LogP contribution in [0.3, 0.4) is 0 Å². The van der Waals surface area contributed by atoms with E-state index in [1.807, 2.05) is 45.0 Å². The number of aryl methyl sites for hydroxylation is 1. The van der Waals surface area contributed by atoms with Gasteiger partial charge < -0.3 is 15.4 Å². The molecule has 2 amide bonds. The molecular formula is C14H22N2O2. The third kappa shape index (κ3) is 6.13. The van der Waals surface area contributed by atoms with Gasteiger partial charge in [0.05, 0.1) is 6.61 Å². The molecule has 100 valence electrons. The molecule has 0 saturated heterocycles.